The van der Waals surface area contributed by atoms with E-state index in [0.717, 1.165) is 31.3 Å². The van der Waals surface area contributed by atoms with Gasteiger partial charge < -0.3 is 5.32 Å². The zero-order chi connectivity index (χ0) is 12.1. The van der Waals surface area contributed by atoms with Crippen LogP contribution in [0.15, 0.2) is 6.07 Å². The summed E-state index contributed by atoms with van der Waals surface area (Å²) < 4.78 is 1.98. The quantitative estimate of drug-likeness (QED) is 0.802. The number of aryl methyl sites for hydroxylation is 2. The van der Waals surface area contributed by atoms with E-state index in [4.69, 9.17) is 0 Å². The number of rotatable bonds is 6. The number of nitrogens with zero attached hydrogens (tertiary/aromatic N) is 2. The first-order valence-electron chi connectivity index (χ1n) is 6.27. The maximum atomic E-state index is 4.44. The number of hydrogen-bond donors (Lipinski definition) is 1. The van der Waals surface area contributed by atoms with Crippen molar-refractivity contribution in [1.82, 2.24) is 15.1 Å². The molecule has 0 saturated carbocycles. The first-order chi connectivity index (χ1) is 7.54. The van der Waals surface area contributed by atoms with Gasteiger partial charge in [-0.15, -0.1) is 0 Å². The molecule has 0 aromatic carbocycles. The molecule has 0 spiro atoms. The normalized spacial score (nSPS) is 13.4. The zero-order valence-corrected chi connectivity index (χ0v) is 11.2. The monoisotopic (exact) mass is 223 g/mol. The second-order valence-corrected chi connectivity index (χ2v) is 4.96. The Morgan fingerprint density at radius 3 is 2.56 bits per heavy atom. The highest BCUT2D eigenvalue weighted by molar-refractivity contribution is 5.09. The first kappa shape index (κ1) is 13.2. The summed E-state index contributed by atoms with van der Waals surface area (Å²) in [6.45, 7) is 11.0. The van der Waals surface area contributed by atoms with Crippen molar-refractivity contribution >= 4 is 0 Å². The van der Waals surface area contributed by atoms with Crippen LogP contribution in [0, 0.1) is 11.8 Å². The van der Waals surface area contributed by atoms with Crippen LogP contribution in [0.25, 0.3) is 0 Å². The van der Waals surface area contributed by atoms with Crippen LogP contribution in [0.4, 0.5) is 0 Å². The van der Waals surface area contributed by atoms with Gasteiger partial charge in [-0.05, 0) is 30.9 Å². The van der Waals surface area contributed by atoms with Gasteiger partial charge in [0.2, 0.25) is 0 Å². The van der Waals surface area contributed by atoms with Crippen LogP contribution in [0.5, 0.6) is 0 Å². The van der Waals surface area contributed by atoms with Gasteiger partial charge in [0.15, 0.2) is 0 Å². The van der Waals surface area contributed by atoms with Crippen molar-refractivity contribution in [3.63, 3.8) is 0 Å². The summed E-state index contributed by atoms with van der Waals surface area (Å²) in [6, 6.07) is 2.19. The van der Waals surface area contributed by atoms with E-state index >= 15 is 0 Å². The van der Waals surface area contributed by atoms with Crippen LogP contribution >= 0.6 is 0 Å². The van der Waals surface area contributed by atoms with Gasteiger partial charge in [-0.2, -0.15) is 5.10 Å². The van der Waals surface area contributed by atoms with Crippen LogP contribution in [0.1, 0.15) is 39.1 Å². The molecule has 1 rings (SSSR count). The SMILES string of the molecule is CCc1cc(CNCC(C)C(C)C)n(C)n1. The fourth-order valence-corrected chi connectivity index (χ4v) is 1.57. The molecule has 0 radical (unpaired) electrons. The third kappa shape index (κ3) is 3.63. The van der Waals surface area contributed by atoms with E-state index in [1.165, 1.54) is 11.4 Å². The Labute approximate surface area is 99.2 Å². The van der Waals surface area contributed by atoms with Gasteiger partial charge in [0, 0.05) is 13.6 Å². The molecule has 92 valence electrons. The van der Waals surface area contributed by atoms with Crippen molar-refractivity contribution in [1.29, 1.82) is 0 Å². The maximum Gasteiger partial charge on any atom is 0.0625 e. The van der Waals surface area contributed by atoms with E-state index in [1.807, 2.05) is 11.7 Å². The summed E-state index contributed by atoms with van der Waals surface area (Å²) in [4.78, 5) is 0. The lowest BCUT2D eigenvalue weighted by Gasteiger charge is -2.15. The Balaban J connectivity index is 2.39. The lowest BCUT2D eigenvalue weighted by atomic mass is 9.98. The molecule has 1 heterocycles. The van der Waals surface area contributed by atoms with Crippen LogP contribution in [0.3, 0.4) is 0 Å². The van der Waals surface area contributed by atoms with E-state index in [-0.39, 0.29) is 0 Å². The predicted octanol–water partition coefficient (Wildman–Crippen LogP) is 2.36. The molecule has 1 aromatic rings. The van der Waals surface area contributed by atoms with Gasteiger partial charge in [-0.25, -0.2) is 0 Å². The molecule has 16 heavy (non-hydrogen) atoms. The minimum absolute atomic E-state index is 0.721. The summed E-state index contributed by atoms with van der Waals surface area (Å²) in [5.74, 6) is 1.46. The molecule has 0 fully saturated rings. The minimum Gasteiger partial charge on any atom is -0.311 e. The van der Waals surface area contributed by atoms with E-state index < -0.39 is 0 Å². The molecule has 0 saturated heterocycles. The molecule has 0 aliphatic heterocycles. The Bertz CT molecular complexity index is 315. The van der Waals surface area contributed by atoms with Gasteiger partial charge in [0.25, 0.3) is 0 Å². The van der Waals surface area contributed by atoms with Crippen molar-refractivity contribution in [3.05, 3.63) is 17.5 Å². The molecule has 0 amide bonds. The molecule has 3 heteroatoms. The summed E-state index contributed by atoms with van der Waals surface area (Å²) in [6.07, 6.45) is 1.01. The van der Waals surface area contributed by atoms with Crippen molar-refractivity contribution in [2.75, 3.05) is 6.54 Å². The van der Waals surface area contributed by atoms with E-state index in [0.29, 0.717) is 0 Å². The van der Waals surface area contributed by atoms with Gasteiger partial charge in [-0.1, -0.05) is 27.7 Å². The average molecular weight is 223 g/mol. The molecule has 1 N–H and O–H groups in total. The van der Waals surface area contributed by atoms with Gasteiger partial charge in [-0.3, -0.25) is 4.68 Å². The third-order valence-corrected chi connectivity index (χ3v) is 3.30. The van der Waals surface area contributed by atoms with Crippen LogP contribution < -0.4 is 5.32 Å². The molecule has 0 aliphatic rings. The predicted molar refractivity (Wildman–Crippen MR) is 68.3 cm³/mol. The Morgan fingerprint density at radius 2 is 2.06 bits per heavy atom. The number of aromatic nitrogens is 2. The highest BCUT2D eigenvalue weighted by Gasteiger charge is 2.07. The zero-order valence-electron chi connectivity index (χ0n) is 11.2. The van der Waals surface area contributed by atoms with Crippen LogP contribution in [0.2, 0.25) is 0 Å². The van der Waals surface area contributed by atoms with E-state index in [9.17, 15) is 0 Å². The summed E-state index contributed by atoms with van der Waals surface area (Å²) in [7, 11) is 2.02. The Morgan fingerprint density at radius 1 is 1.38 bits per heavy atom. The fraction of sp³-hybridized carbons (Fsp3) is 0.769. The second kappa shape index (κ2) is 6.04. The van der Waals surface area contributed by atoms with Gasteiger partial charge in [0.05, 0.1) is 11.4 Å². The molecule has 1 unspecified atom stereocenters. The highest BCUT2D eigenvalue weighted by atomic mass is 15.3. The highest BCUT2D eigenvalue weighted by Crippen LogP contribution is 2.08. The van der Waals surface area contributed by atoms with E-state index in [2.05, 4.69) is 44.2 Å². The Kier molecular flexibility index (Phi) is 5.00. The summed E-state index contributed by atoms with van der Waals surface area (Å²) in [5.41, 5.74) is 2.45. The number of nitrogens with one attached hydrogen (secondary N) is 1. The van der Waals surface area contributed by atoms with Crippen molar-refractivity contribution in [2.45, 2.75) is 40.7 Å². The largest absolute Gasteiger partial charge is 0.311 e. The smallest absolute Gasteiger partial charge is 0.0625 e. The molecule has 1 aromatic heterocycles. The third-order valence-electron chi connectivity index (χ3n) is 3.30. The lowest BCUT2D eigenvalue weighted by Crippen LogP contribution is -2.24. The molecular weight excluding hydrogens is 198 g/mol. The fourth-order valence-electron chi connectivity index (χ4n) is 1.57. The van der Waals surface area contributed by atoms with Crippen LogP contribution in [-0.2, 0) is 20.0 Å². The number of hydrogen-bond acceptors (Lipinski definition) is 2. The molecule has 0 bridgehead atoms. The average Bonchev–Trinajstić information content (AvgIpc) is 2.59. The molecule has 3 nitrogen and oxygen atoms in total. The van der Waals surface area contributed by atoms with Crippen LogP contribution in [-0.4, -0.2) is 16.3 Å². The topological polar surface area (TPSA) is 29.9 Å². The maximum absolute atomic E-state index is 4.44. The second-order valence-electron chi connectivity index (χ2n) is 4.96. The minimum atomic E-state index is 0.721. The van der Waals surface area contributed by atoms with Crippen molar-refractivity contribution < 1.29 is 0 Å². The Hall–Kier alpha value is -0.830. The molecule has 1 atom stereocenters. The van der Waals surface area contributed by atoms with E-state index in [1.54, 1.807) is 0 Å². The first-order valence-corrected chi connectivity index (χ1v) is 6.27. The lowest BCUT2D eigenvalue weighted by molar-refractivity contribution is 0.390. The van der Waals surface area contributed by atoms with Gasteiger partial charge >= 0.3 is 0 Å². The standard InChI is InChI=1S/C13H25N3/c1-6-12-7-13(16(5)15-12)9-14-8-11(4)10(2)3/h7,10-11,14H,6,8-9H2,1-5H3. The molecule has 0 aliphatic carbocycles. The summed E-state index contributed by atoms with van der Waals surface area (Å²) in [5, 5.41) is 7.94. The summed E-state index contributed by atoms with van der Waals surface area (Å²) >= 11 is 0. The van der Waals surface area contributed by atoms with Crippen molar-refractivity contribution in [3.8, 4) is 0 Å². The van der Waals surface area contributed by atoms with Crippen molar-refractivity contribution in [2.24, 2.45) is 18.9 Å². The van der Waals surface area contributed by atoms with Gasteiger partial charge in [0.1, 0.15) is 0 Å². The molecular formula is C13H25N3.